The highest BCUT2D eigenvalue weighted by Crippen LogP contribution is 2.14. The maximum Gasteiger partial charge on any atom is 0.138 e. The molecule has 0 unspecified atom stereocenters. The Morgan fingerprint density at radius 2 is 2.08 bits per heavy atom. The van der Waals surface area contributed by atoms with Crippen LogP contribution >= 0.6 is 15.9 Å². The molecule has 0 aliphatic carbocycles. The van der Waals surface area contributed by atoms with Crippen LogP contribution in [0.2, 0.25) is 0 Å². The summed E-state index contributed by atoms with van der Waals surface area (Å²) in [6.07, 6.45) is 4.97. The largest absolute Gasteiger partial charge is 0.364 e. The number of halogens is 1. The monoisotopic (exact) mass is 239 g/mol. The number of rotatable bonds is 2. The Morgan fingerprint density at radius 3 is 2.62 bits per heavy atom. The van der Waals surface area contributed by atoms with E-state index in [1.54, 1.807) is 18.5 Å². The molecule has 0 atom stereocenters. The first-order valence-corrected chi connectivity index (χ1v) is 4.80. The van der Waals surface area contributed by atoms with Crippen LogP contribution in [0, 0.1) is 0 Å². The smallest absolute Gasteiger partial charge is 0.138 e. The molecule has 0 saturated heterocycles. The van der Waals surface area contributed by atoms with Gasteiger partial charge in [-0.1, -0.05) is 21.1 Å². The Kier molecular flexibility index (Phi) is 2.35. The number of alkyl halides is 1. The predicted molar refractivity (Wildman–Crippen MR) is 50.2 cm³/mol. The first-order valence-electron chi connectivity index (χ1n) is 3.68. The van der Waals surface area contributed by atoms with Crippen molar-refractivity contribution >= 4 is 15.9 Å². The lowest BCUT2D eigenvalue weighted by Gasteiger charge is -1.95. The Balaban J connectivity index is 2.33. The molecule has 2 rings (SSSR count). The highest BCUT2D eigenvalue weighted by molar-refractivity contribution is 9.08. The summed E-state index contributed by atoms with van der Waals surface area (Å²) in [5.74, 6) is 0.757. The molecule has 0 saturated carbocycles. The molecule has 2 aromatic rings. The summed E-state index contributed by atoms with van der Waals surface area (Å²) >= 11 is 3.27. The summed E-state index contributed by atoms with van der Waals surface area (Å²) in [6, 6.07) is 1.77. The molecule has 13 heavy (non-hydrogen) atoms. The molecule has 0 amide bonds. The van der Waals surface area contributed by atoms with Gasteiger partial charge in [-0.05, 0) is 0 Å². The van der Waals surface area contributed by atoms with Crippen LogP contribution in [0.1, 0.15) is 5.82 Å². The lowest BCUT2D eigenvalue weighted by molar-refractivity contribution is 0.422. The van der Waals surface area contributed by atoms with E-state index in [1.165, 1.54) is 6.26 Å². The molecule has 0 aliphatic rings. The summed E-state index contributed by atoms with van der Waals surface area (Å²) < 4.78 is 4.71. The molecular formula is C8H6BrN3O. The Bertz CT molecular complexity index is 371. The lowest BCUT2D eigenvalue weighted by atomic mass is 10.2. The number of hydrogen-bond acceptors (Lipinski definition) is 4. The van der Waals surface area contributed by atoms with Gasteiger partial charge < -0.3 is 4.52 Å². The SMILES string of the molecule is BrCc1ncc(-c2ccon2)cn1. The fraction of sp³-hybridized carbons (Fsp3) is 0.125. The van der Waals surface area contributed by atoms with E-state index in [9.17, 15) is 0 Å². The van der Waals surface area contributed by atoms with Gasteiger partial charge in [-0.2, -0.15) is 0 Å². The second-order valence-corrected chi connectivity index (χ2v) is 2.97. The van der Waals surface area contributed by atoms with Crippen LogP contribution in [0.25, 0.3) is 11.3 Å². The van der Waals surface area contributed by atoms with Crippen molar-refractivity contribution in [1.29, 1.82) is 0 Å². The zero-order valence-corrected chi connectivity index (χ0v) is 8.23. The van der Waals surface area contributed by atoms with Gasteiger partial charge in [0, 0.05) is 24.0 Å². The van der Waals surface area contributed by atoms with Crippen LogP contribution < -0.4 is 0 Å². The first-order chi connectivity index (χ1) is 6.40. The van der Waals surface area contributed by atoms with Gasteiger partial charge in [-0.15, -0.1) is 0 Å². The second-order valence-electron chi connectivity index (χ2n) is 2.41. The van der Waals surface area contributed by atoms with Gasteiger partial charge in [-0.3, -0.25) is 0 Å². The molecule has 0 aromatic carbocycles. The van der Waals surface area contributed by atoms with Crippen molar-refractivity contribution in [3.8, 4) is 11.3 Å². The van der Waals surface area contributed by atoms with Crippen LogP contribution in [0.5, 0.6) is 0 Å². The summed E-state index contributed by atoms with van der Waals surface area (Å²) in [5, 5.41) is 4.43. The maximum atomic E-state index is 4.71. The van der Waals surface area contributed by atoms with E-state index in [0.717, 1.165) is 17.1 Å². The summed E-state index contributed by atoms with van der Waals surface area (Å²) in [4.78, 5) is 8.23. The van der Waals surface area contributed by atoms with Crippen LogP contribution in [0.3, 0.4) is 0 Å². The van der Waals surface area contributed by atoms with Gasteiger partial charge in [0.1, 0.15) is 17.8 Å². The molecular weight excluding hydrogens is 234 g/mol. The van der Waals surface area contributed by atoms with Gasteiger partial charge in [-0.25, -0.2) is 9.97 Å². The van der Waals surface area contributed by atoms with Crippen molar-refractivity contribution in [2.24, 2.45) is 0 Å². The topological polar surface area (TPSA) is 51.8 Å². The van der Waals surface area contributed by atoms with Crippen molar-refractivity contribution in [2.45, 2.75) is 5.33 Å². The third-order valence-electron chi connectivity index (χ3n) is 1.56. The summed E-state index contributed by atoms with van der Waals surface area (Å²) in [7, 11) is 0. The fourth-order valence-corrected chi connectivity index (χ4v) is 1.21. The number of aromatic nitrogens is 3. The molecule has 0 bridgehead atoms. The lowest BCUT2D eigenvalue weighted by Crippen LogP contribution is -1.90. The number of hydrogen-bond donors (Lipinski definition) is 0. The molecule has 5 heteroatoms. The van der Waals surface area contributed by atoms with Gasteiger partial charge in [0.25, 0.3) is 0 Å². The van der Waals surface area contributed by atoms with Crippen LogP contribution in [-0.4, -0.2) is 15.1 Å². The molecule has 2 heterocycles. The van der Waals surface area contributed by atoms with E-state index in [-0.39, 0.29) is 0 Å². The van der Waals surface area contributed by atoms with Crippen LogP contribution in [0.15, 0.2) is 29.2 Å². The highest BCUT2D eigenvalue weighted by atomic mass is 79.9. The molecule has 0 spiro atoms. The molecule has 4 nitrogen and oxygen atoms in total. The predicted octanol–water partition coefficient (Wildman–Crippen LogP) is 2.03. The molecule has 0 fully saturated rings. The third-order valence-corrected chi connectivity index (χ3v) is 2.06. The normalized spacial score (nSPS) is 10.2. The van der Waals surface area contributed by atoms with E-state index in [4.69, 9.17) is 4.52 Å². The first kappa shape index (κ1) is 8.37. The van der Waals surface area contributed by atoms with E-state index in [0.29, 0.717) is 5.33 Å². The number of nitrogens with zero attached hydrogens (tertiary/aromatic N) is 3. The molecule has 0 aliphatic heterocycles. The van der Waals surface area contributed by atoms with Crippen LogP contribution in [-0.2, 0) is 5.33 Å². The van der Waals surface area contributed by atoms with Gasteiger partial charge in [0.05, 0.1) is 5.33 Å². The minimum absolute atomic E-state index is 0.659. The molecule has 2 aromatic heterocycles. The summed E-state index contributed by atoms with van der Waals surface area (Å²) in [5.41, 5.74) is 1.61. The zero-order valence-electron chi connectivity index (χ0n) is 6.64. The van der Waals surface area contributed by atoms with E-state index in [2.05, 4.69) is 31.1 Å². The van der Waals surface area contributed by atoms with Crippen LogP contribution in [0.4, 0.5) is 0 Å². The van der Waals surface area contributed by atoms with Crippen molar-refractivity contribution in [2.75, 3.05) is 0 Å². The standard InChI is InChI=1S/C8H6BrN3O/c9-3-8-10-4-6(5-11-8)7-1-2-13-12-7/h1-2,4-5H,3H2. The molecule has 0 radical (unpaired) electrons. The second kappa shape index (κ2) is 3.66. The van der Waals surface area contributed by atoms with Crippen molar-refractivity contribution in [1.82, 2.24) is 15.1 Å². The Hall–Kier alpha value is -1.23. The Morgan fingerprint density at radius 1 is 1.31 bits per heavy atom. The van der Waals surface area contributed by atoms with E-state index in [1.807, 2.05) is 0 Å². The fourth-order valence-electron chi connectivity index (χ4n) is 0.917. The van der Waals surface area contributed by atoms with E-state index >= 15 is 0 Å². The maximum absolute atomic E-state index is 4.71. The van der Waals surface area contributed by atoms with Gasteiger partial charge in [0.2, 0.25) is 0 Å². The Labute approximate surface area is 83.1 Å². The van der Waals surface area contributed by atoms with Gasteiger partial charge >= 0.3 is 0 Å². The summed E-state index contributed by atoms with van der Waals surface area (Å²) in [6.45, 7) is 0. The molecule has 66 valence electrons. The average Bonchev–Trinajstić information content (AvgIpc) is 2.71. The minimum Gasteiger partial charge on any atom is -0.364 e. The third kappa shape index (κ3) is 1.75. The average molecular weight is 240 g/mol. The van der Waals surface area contributed by atoms with Crippen molar-refractivity contribution < 1.29 is 4.52 Å². The van der Waals surface area contributed by atoms with Crippen molar-refractivity contribution in [3.63, 3.8) is 0 Å². The zero-order chi connectivity index (χ0) is 9.10. The van der Waals surface area contributed by atoms with Gasteiger partial charge in [0.15, 0.2) is 0 Å². The highest BCUT2D eigenvalue weighted by Gasteiger charge is 2.01. The van der Waals surface area contributed by atoms with Crippen molar-refractivity contribution in [3.05, 3.63) is 30.5 Å². The molecule has 0 N–H and O–H groups in total. The minimum atomic E-state index is 0.659. The quantitative estimate of drug-likeness (QED) is 0.753. The van der Waals surface area contributed by atoms with E-state index < -0.39 is 0 Å².